The number of hydrogen-bond donors (Lipinski definition) is 0. The average molecular weight is 290 g/mol. The van der Waals surface area contributed by atoms with Gasteiger partial charge in [0.15, 0.2) is 17.3 Å². The van der Waals surface area contributed by atoms with Crippen LogP contribution in [0.3, 0.4) is 0 Å². The monoisotopic (exact) mass is 290 g/mol. The first-order valence-corrected chi connectivity index (χ1v) is 7.53. The molecule has 1 fully saturated rings. The normalized spacial score (nSPS) is 22.5. The van der Waals surface area contributed by atoms with Gasteiger partial charge in [0.25, 0.3) is 0 Å². The molecule has 2 aliphatic rings. The zero-order valence-electron chi connectivity index (χ0n) is 12.7. The number of carbonyl (C=O) groups is 1. The summed E-state index contributed by atoms with van der Waals surface area (Å²) in [6, 6.07) is 5.97. The fourth-order valence-electron chi connectivity index (χ4n) is 2.96. The van der Waals surface area contributed by atoms with Crippen LogP contribution in [0.25, 0.3) is 0 Å². The van der Waals surface area contributed by atoms with Crippen molar-refractivity contribution < 1.29 is 14.3 Å². The first-order valence-electron chi connectivity index (χ1n) is 7.53. The Bertz CT molecular complexity index is 532. The molecule has 0 aromatic heterocycles. The van der Waals surface area contributed by atoms with E-state index in [0.717, 1.165) is 31.8 Å². The highest BCUT2D eigenvalue weighted by Gasteiger charge is 2.25. The molecule has 2 heterocycles. The molecule has 0 amide bonds. The highest BCUT2D eigenvalue weighted by atomic mass is 16.7. The maximum Gasteiger partial charge on any atom is 0.231 e. The van der Waals surface area contributed by atoms with E-state index in [1.807, 2.05) is 12.1 Å². The Balaban J connectivity index is 1.64. The summed E-state index contributed by atoms with van der Waals surface area (Å²) in [7, 11) is 2.16. The number of hydrogen-bond acceptors (Lipinski definition) is 5. The van der Waals surface area contributed by atoms with E-state index >= 15 is 0 Å². The van der Waals surface area contributed by atoms with E-state index in [2.05, 4.69) is 23.8 Å². The summed E-state index contributed by atoms with van der Waals surface area (Å²) in [5.41, 5.74) is 0.700. The zero-order chi connectivity index (χ0) is 14.8. The predicted octanol–water partition coefficient (Wildman–Crippen LogP) is 1.62. The molecule has 1 saturated heterocycles. The smallest absolute Gasteiger partial charge is 0.231 e. The van der Waals surface area contributed by atoms with E-state index in [4.69, 9.17) is 9.47 Å². The Labute approximate surface area is 125 Å². The second-order valence-corrected chi connectivity index (χ2v) is 5.77. The quantitative estimate of drug-likeness (QED) is 0.788. The van der Waals surface area contributed by atoms with Crippen LogP contribution < -0.4 is 9.47 Å². The fraction of sp³-hybridized carbons (Fsp3) is 0.562. The van der Waals surface area contributed by atoms with Crippen molar-refractivity contribution >= 4 is 5.78 Å². The van der Waals surface area contributed by atoms with Crippen LogP contribution >= 0.6 is 0 Å². The minimum Gasteiger partial charge on any atom is -0.454 e. The van der Waals surface area contributed by atoms with E-state index < -0.39 is 0 Å². The van der Waals surface area contributed by atoms with Crippen LogP contribution in [0.15, 0.2) is 18.2 Å². The Morgan fingerprint density at radius 2 is 2.10 bits per heavy atom. The van der Waals surface area contributed by atoms with Crippen molar-refractivity contribution in [1.29, 1.82) is 0 Å². The maximum atomic E-state index is 12.4. The van der Waals surface area contributed by atoms with Crippen LogP contribution in [0.4, 0.5) is 0 Å². The number of carbonyl (C=O) groups excluding carboxylic acids is 1. The Morgan fingerprint density at radius 1 is 1.29 bits per heavy atom. The molecule has 0 spiro atoms. The van der Waals surface area contributed by atoms with Gasteiger partial charge in [-0.25, -0.2) is 0 Å². The minimum absolute atomic E-state index is 0.146. The molecule has 0 bridgehead atoms. The molecular weight excluding hydrogens is 268 g/mol. The van der Waals surface area contributed by atoms with Crippen molar-refractivity contribution in [2.45, 2.75) is 19.4 Å². The zero-order valence-corrected chi connectivity index (χ0v) is 12.7. The Kier molecular flexibility index (Phi) is 4.12. The minimum atomic E-state index is 0.146. The number of ketones is 1. The highest BCUT2D eigenvalue weighted by Crippen LogP contribution is 2.32. The third kappa shape index (κ3) is 3.04. The molecular formula is C16H22N2O3. The summed E-state index contributed by atoms with van der Waals surface area (Å²) in [5, 5.41) is 0. The molecule has 1 unspecified atom stereocenters. The van der Waals surface area contributed by atoms with E-state index in [-0.39, 0.29) is 12.6 Å². The van der Waals surface area contributed by atoms with E-state index in [9.17, 15) is 4.79 Å². The van der Waals surface area contributed by atoms with Gasteiger partial charge in [-0.2, -0.15) is 0 Å². The van der Waals surface area contributed by atoms with Crippen molar-refractivity contribution in [2.24, 2.45) is 0 Å². The molecule has 21 heavy (non-hydrogen) atoms. The lowest BCUT2D eigenvalue weighted by molar-refractivity contribution is 0.0742. The number of nitrogens with zero attached hydrogens (tertiary/aromatic N) is 2. The topological polar surface area (TPSA) is 42.0 Å². The third-order valence-electron chi connectivity index (χ3n) is 4.39. The van der Waals surface area contributed by atoms with E-state index in [1.165, 1.54) is 0 Å². The van der Waals surface area contributed by atoms with Gasteiger partial charge >= 0.3 is 0 Å². The number of piperazine rings is 1. The molecule has 1 aromatic rings. The summed E-state index contributed by atoms with van der Waals surface area (Å²) in [4.78, 5) is 17.1. The molecule has 5 heteroatoms. The van der Waals surface area contributed by atoms with Gasteiger partial charge in [-0.05, 0) is 31.7 Å². The van der Waals surface area contributed by atoms with E-state index in [0.29, 0.717) is 23.9 Å². The lowest BCUT2D eigenvalue weighted by Gasteiger charge is -2.38. The molecule has 1 aromatic carbocycles. The number of Topliss-reactive ketones (excluding diaryl/α,β-unsaturated/α-hetero) is 1. The fourth-order valence-corrected chi connectivity index (χ4v) is 2.96. The molecule has 0 aliphatic carbocycles. The van der Waals surface area contributed by atoms with Crippen LogP contribution in [0.2, 0.25) is 0 Å². The summed E-state index contributed by atoms with van der Waals surface area (Å²) in [6.45, 7) is 5.84. The lowest BCUT2D eigenvalue weighted by atomic mass is 10.1. The van der Waals surface area contributed by atoms with Gasteiger partial charge in [-0.3, -0.25) is 9.69 Å². The van der Waals surface area contributed by atoms with Crippen LogP contribution in [0.1, 0.15) is 23.7 Å². The van der Waals surface area contributed by atoms with Crippen LogP contribution in [-0.2, 0) is 0 Å². The first kappa shape index (κ1) is 14.4. The largest absolute Gasteiger partial charge is 0.454 e. The molecule has 5 nitrogen and oxygen atoms in total. The molecule has 1 atom stereocenters. The SMILES string of the molecule is CCC1CN(CC(=O)c2ccc3c(c2)OCO3)CCN1C. The van der Waals surface area contributed by atoms with Crippen molar-refractivity contribution in [3.8, 4) is 11.5 Å². The Morgan fingerprint density at radius 3 is 2.90 bits per heavy atom. The van der Waals surface area contributed by atoms with Crippen molar-refractivity contribution in [1.82, 2.24) is 9.80 Å². The van der Waals surface area contributed by atoms with Crippen LogP contribution in [0.5, 0.6) is 11.5 Å². The number of benzene rings is 1. The van der Waals surface area contributed by atoms with Gasteiger partial charge in [0.1, 0.15) is 0 Å². The van der Waals surface area contributed by atoms with Gasteiger partial charge in [-0.1, -0.05) is 6.92 Å². The van der Waals surface area contributed by atoms with Gasteiger partial charge in [-0.15, -0.1) is 0 Å². The van der Waals surface area contributed by atoms with Crippen LogP contribution in [0, 0.1) is 0 Å². The second kappa shape index (κ2) is 6.03. The van der Waals surface area contributed by atoms with Crippen molar-refractivity contribution in [2.75, 3.05) is 40.0 Å². The maximum absolute atomic E-state index is 12.4. The molecule has 3 rings (SSSR count). The van der Waals surface area contributed by atoms with Gasteiger partial charge < -0.3 is 14.4 Å². The van der Waals surface area contributed by atoms with Crippen LogP contribution in [-0.4, -0.2) is 61.6 Å². The van der Waals surface area contributed by atoms with Crippen molar-refractivity contribution in [3.05, 3.63) is 23.8 Å². The summed E-state index contributed by atoms with van der Waals surface area (Å²) >= 11 is 0. The summed E-state index contributed by atoms with van der Waals surface area (Å²) in [5.74, 6) is 1.54. The summed E-state index contributed by atoms with van der Waals surface area (Å²) < 4.78 is 10.6. The summed E-state index contributed by atoms with van der Waals surface area (Å²) in [6.07, 6.45) is 1.12. The van der Waals surface area contributed by atoms with Gasteiger partial charge in [0.2, 0.25) is 6.79 Å². The first-order chi connectivity index (χ1) is 10.2. The second-order valence-electron chi connectivity index (χ2n) is 5.77. The van der Waals surface area contributed by atoms with Crippen molar-refractivity contribution in [3.63, 3.8) is 0 Å². The number of ether oxygens (including phenoxy) is 2. The predicted molar refractivity (Wildman–Crippen MR) is 80.0 cm³/mol. The molecule has 0 saturated carbocycles. The molecule has 2 aliphatic heterocycles. The lowest BCUT2D eigenvalue weighted by Crippen LogP contribution is -2.52. The average Bonchev–Trinajstić information content (AvgIpc) is 2.96. The van der Waals surface area contributed by atoms with Gasteiger partial charge in [0.05, 0.1) is 6.54 Å². The number of fused-ring (bicyclic) bond motifs is 1. The molecule has 0 N–H and O–H groups in total. The van der Waals surface area contributed by atoms with E-state index in [1.54, 1.807) is 6.07 Å². The number of likely N-dealkylation sites (N-methyl/N-ethyl adjacent to an activating group) is 1. The molecule has 114 valence electrons. The molecule has 0 radical (unpaired) electrons. The third-order valence-corrected chi connectivity index (χ3v) is 4.39. The van der Waals surface area contributed by atoms with Gasteiger partial charge in [0, 0.05) is 31.2 Å². The highest BCUT2D eigenvalue weighted by molar-refractivity contribution is 5.98. The number of rotatable bonds is 4. The Hall–Kier alpha value is -1.59. The standard InChI is InChI=1S/C16H22N2O3/c1-3-13-9-18(7-6-17(13)2)10-14(19)12-4-5-15-16(8-12)21-11-20-15/h4-5,8,13H,3,6-7,9-11H2,1-2H3.